The van der Waals surface area contributed by atoms with Crippen LogP contribution in [0.15, 0.2) is 12.3 Å². The Morgan fingerprint density at radius 3 is 2.57 bits per heavy atom. The average molecular weight is 298 g/mol. The van der Waals surface area contributed by atoms with Gasteiger partial charge >= 0.3 is 5.97 Å². The van der Waals surface area contributed by atoms with Crippen molar-refractivity contribution in [2.24, 2.45) is 12.8 Å². The minimum Gasteiger partial charge on any atom is -0.480 e. The number of aryl methyl sites for hydroxylation is 1. The molecule has 0 saturated heterocycles. The fourth-order valence-electron chi connectivity index (χ4n) is 1.65. The van der Waals surface area contributed by atoms with Crippen molar-refractivity contribution < 1.29 is 24.4 Å². The van der Waals surface area contributed by atoms with Crippen molar-refractivity contribution in [3.63, 3.8) is 0 Å². The molecule has 1 rings (SSSR count). The molecule has 0 fully saturated rings. The summed E-state index contributed by atoms with van der Waals surface area (Å²) in [4.78, 5) is 43.5. The molecule has 114 valence electrons. The molecule has 0 aliphatic heterocycles. The number of rotatable bonds is 7. The van der Waals surface area contributed by atoms with Gasteiger partial charge < -0.3 is 20.7 Å². The van der Waals surface area contributed by atoms with Crippen molar-refractivity contribution >= 4 is 23.5 Å². The maximum Gasteiger partial charge on any atom is 0.326 e. The van der Waals surface area contributed by atoms with E-state index in [1.165, 1.54) is 11.6 Å². The summed E-state index contributed by atoms with van der Waals surface area (Å²) >= 11 is 0. The van der Waals surface area contributed by atoms with Gasteiger partial charge in [-0.1, -0.05) is 0 Å². The number of hydrogen-bond acceptors (Lipinski definition) is 5. The van der Waals surface area contributed by atoms with Crippen LogP contribution in [-0.4, -0.2) is 38.4 Å². The number of carboxylic acids is 1. The van der Waals surface area contributed by atoms with Crippen LogP contribution < -0.4 is 11.1 Å². The van der Waals surface area contributed by atoms with Crippen molar-refractivity contribution in [3.8, 4) is 0 Å². The van der Waals surface area contributed by atoms with Crippen LogP contribution in [0.5, 0.6) is 0 Å². The fourth-order valence-corrected chi connectivity index (χ4v) is 1.65. The molecule has 1 atom stereocenters. The molecule has 0 unspecified atom stereocenters. The molecule has 21 heavy (non-hydrogen) atoms. The Labute approximate surface area is 118 Å². The summed E-state index contributed by atoms with van der Waals surface area (Å²) in [5, 5.41) is 21.8. The lowest BCUT2D eigenvalue weighted by molar-refractivity contribution is -0.384. The Morgan fingerprint density at radius 2 is 2.14 bits per heavy atom. The second-order valence-electron chi connectivity index (χ2n) is 4.32. The fraction of sp³-hybridized carbons (Fsp3) is 0.364. The number of nitrogens with zero attached hydrogens (tertiary/aromatic N) is 2. The number of amides is 2. The second-order valence-corrected chi connectivity index (χ2v) is 4.32. The first-order valence-electron chi connectivity index (χ1n) is 5.85. The maximum absolute atomic E-state index is 11.9. The van der Waals surface area contributed by atoms with Crippen LogP contribution in [0.3, 0.4) is 0 Å². The highest BCUT2D eigenvalue weighted by Crippen LogP contribution is 2.15. The molecule has 10 nitrogen and oxygen atoms in total. The van der Waals surface area contributed by atoms with Crippen LogP contribution in [0.4, 0.5) is 5.69 Å². The maximum atomic E-state index is 11.9. The van der Waals surface area contributed by atoms with E-state index in [1.54, 1.807) is 0 Å². The number of nitrogens with two attached hydrogens (primary N) is 1. The smallest absolute Gasteiger partial charge is 0.326 e. The highest BCUT2D eigenvalue weighted by molar-refractivity contribution is 5.96. The van der Waals surface area contributed by atoms with Gasteiger partial charge in [0.25, 0.3) is 11.6 Å². The molecule has 10 heteroatoms. The quantitative estimate of drug-likeness (QED) is 0.449. The predicted molar refractivity (Wildman–Crippen MR) is 69.4 cm³/mol. The molecule has 0 bridgehead atoms. The Bertz CT molecular complexity index is 594. The third kappa shape index (κ3) is 4.30. The van der Waals surface area contributed by atoms with Crippen LogP contribution in [0.1, 0.15) is 23.3 Å². The third-order valence-electron chi connectivity index (χ3n) is 2.72. The van der Waals surface area contributed by atoms with Gasteiger partial charge in [-0.15, -0.1) is 0 Å². The molecule has 0 aromatic carbocycles. The summed E-state index contributed by atoms with van der Waals surface area (Å²) in [5.74, 6) is -2.80. The van der Waals surface area contributed by atoms with Gasteiger partial charge in [-0.05, 0) is 6.42 Å². The molecule has 4 N–H and O–H groups in total. The van der Waals surface area contributed by atoms with Gasteiger partial charge in [0.1, 0.15) is 11.7 Å². The summed E-state index contributed by atoms with van der Waals surface area (Å²) < 4.78 is 1.21. The van der Waals surface area contributed by atoms with E-state index in [9.17, 15) is 24.5 Å². The van der Waals surface area contributed by atoms with Gasteiger partial charge in [0.2, 0.25) is 5.91 Å². The zero-order valence-electron chi connectivity index (χ0n) is 11.1. The van der Waals surface area contributed by atoms with Gasteiger partial charge in [-0.2, -0.15) is 0 Å². The van der Waals surface area contributed by atoms with Gasteiger partial charge in [0.15, 0.2) is 0 Å². The van der Waals surface area contributed by atoms with E-state index in [4.69, 9.17) is 10.8 Å². The lowest BCUT2D eigenvalue weighted by Gasteiger charge is -2.13. The molecule has 1 aromatic rings. The molecule has 2 amide bonds. The van der Waals surface area contributed by atoms with Gasteiger partial charge in [0, 0.05) is 19.5 Å². The molecule has 0 aliphatic carbocycles. The van der Waals surface area contributed by atoms with Gasteiger partial charge in [-0.25, -0.2) is 4.79 Å². The average Bonchev–Trinajstić information content (AvgIpc) is 2.76. The van der Waals surface area contributed by atoms with Crippen LogP contribution in [0, 0.1) is 10.1 Å². The summed E-state index contributed by atoms with van der Waals surface area (Å²) in [5.41, 5.74) is 4.57. The van der Waals surface area contributed by atoms with Gasteiger partial charge in [0.05, 0.1) is 11.1 Å². The van der Waals surface area contributed by atoms with E-state index in [0.29, 0.717) is 0 Å². The van der Waals surface area contributed by atoms with E-state index in [1.807, 2.05) is 0 Å². The topological polar surface area (TPSA) is 158 Å². The first kappa shape index (κ1) is 16.1. The van der Waals surface area contributed by atoms with Gasteiger partial charge in [-0.3, -0.25) is 19.7 Å². The standard InChI is InChI=1S/C11H14N4O6/c1-14-5-6(15(20)21)4-8(14)10(17)13-7(11(18)19)2-3-9(12)16/h4-5,7H,2-3H2,1H3,(H2,12,16)(H,13,17)(H,18,19)/t7-/m1/s1. The Kier molecular flexibility index (Phi) is 5.00. The SMILES string of the molecule is Cn1cc([N+](=O)[O-])cc1C(=O)N[C@H](CCC(N)=O)C(=O)O. The Morgan fingerprint density at radius 1 is 1.52 bits per heavy atom. The Balaban J connectivity index is 2.84. The zero-order valence-corrected chi connectivity index (χ0v) is 11.1. The number of carbonyl (C=O) groups excluding carboxylic acids is 2. The van der Waals surface area contributed by atoms with Crippen LogP contribution in [0.2, 0.25) is 0 Å². The van der Waals surface area contributed by atoms with E-state index >= 15 is 0 Å². The van der Waals surface area contributed by atoms with E-state index < -0.39 is 28.7 Å². The molecule has 0 radical (unpaired) electrons. The number of carboxylic acid groups (broad SMARTS) is 1. The first-order chi connectivity index (χ1) is 9.72. The number of aromatic nitrogens is 1. The molecule has 0 spiro atoms. The summed E-state index contributed by atoms with van der Waals surface area (Å²) in [7, 11) is 1.42. The number of aliphatic carboxylic acids is 1. The lowest BCUT2D eigenvalue weighted by Crippen LogP contribution is -2.41. The van der Waals surface area contributed by atoms with Crippen molar-refractivity contribution in [1.82, 2.24) is 9.88 Å². The molecular formula is C11H14N4O6. The summed E-state index contributed by atoms with van der Waals surface area (Å²) in [6.45, 7) is 0. The van der Waals surface area contributed by atoms with E-state index in [2.05, 4.69) is 5.32 Å². The van der Waals surface area contributed by atoms with E-state index in [-0.39, 0.29) is 24.2 Å². The largest absolute Gasteiger partial charge is 0.480 e. The highest BCUT2D eigenvalue weighted by Gasteiger charge is 2.24. The normalized spacial score (nSPS) is 11.7. The van der Waals surface area contributed by atoms with Crippen LogP contribution in [-0.2, 0) is 16.6 Å². The van der Waals surface area contributed by atoms with Crippen molar-refractivity contribution in [3.05, 3.63) is 28.1 Å². The van der Waals surface area contributed by atoms with Crippen molar-refractivity contribution in [2.75, 3.05) is 0 Å². The third-order valence-corrected chi connectivity index (χ3v) is 2.72. The van der Waals surface area contributed by atoms with Crippen LogP contribution in [0.25, 0.3) is 0 Å². The number of hydrogen-bond donors (Lipinski definition) is 3. The minimum absolute atomic E-state index is 0.0629. The number of primary amides is 1. The number of nitrogens with one attached hydrogen (secondary N) is 1. The van der Waals surface area contributed by atoms with Crippen LogP contribution >= 0.6 is 0 Å². The molecule has 0 aliphatic rings. The van der Waals surface area contributed by atoms with E-state index in [0.717, 1.165) is 12.3 Å². The number of carbonyl (C=O) groups is 3. The number of nitro groups is 1. The molecule has 1 heterocycles. The summed E-state index contributed by atoms with van der Waals surface area (Å²) in [6, 6.07) is -0.276. The second kappa shape index (κ2) is 6.50. The van der Waals surface area contributed by atoms with Crippen molar-refractivity contribution in [1.29, 1.82) is 0 Å². The molecule has 0 saturated carbocycles. The summed E-state index contributed by atoms with van der Waals surface area (Å²) in [6.07, 6.45) is 0.765. The monoisotopic (exact) mass is 298 g/mol. The highest BCUT2D eigenvalue weighted by atomic mass is 16.6. The predicted octanol–water partition coefficient (Wildman–Crippen LogP) is -0.618. The molecule has 1 aromatic heterocycles. The Hall–Kier alpha value is -2.91. The lowest BCUT2D eigenvalue weighted by atomic mass is 10.1. The van der Waals surface area contributed by atoms with Crippen molar-refractivity contribution in [2.45, 2.75) is 18.9 Å². The minimum atomic E-state index is -1.33. The molecular weight excluding hydrogens is 284 g/mol. The first-order valence-corrected chi connectivity index (χ1v) is 5.85. The zero-order chi connectivity index (χ0) is 16.2.